The van der Waals surface area contributed by atoms with Gasteiger partial charge >= 0.3 is 0 Å². The van der Waals surface area contributed by atoms with Crippen molar-refractivity contribution < 1.29 is 22.0 Å². The zero-order valence-corrected chi connectivity index (χ0v) is 17.3. The molecule has 1 saturated heterocycles. The number of nitrogens with zero attached hydrogens (tertiary/aromatic N) is 3. The standard InChI is InChI=1S/C20H17F2N3O3S2/c21-14-5-6-18(15(22)13-14)30(27,28)25-11-9-24(10-12-25)20(26)8-7-19-23-16-3-1-2-4-17(16)29-19/h1-8,13H,9-12H2/b8-7+. The van der Waals surface area contributed by atoms with Crippen LogP contribution in [0.5, 0.6) is 0 Å². The number of aromatic nitrogens is 1. The van der Waals surface area contributed by atoms with Crippen LogP contribution >= 0.6 is 11.3 Å². The second kappa shape index (κ2) is 8.21. The predicted octanol–water partition coefficient (Wildman–Crippen LogP) is 3.12. The Morgan fingerprint density at radius 2 is 1.80 bits per heavy atom. The summed E-state index contributed by atoms with van der Waals surface area (Å²) in [5.74, 6) is -2.23. The molecule has 1 fully saturated rings. The Bertz CT molecular complexity index is 1200. The molecular weight excluding hydrogens is 432 g/mol. The molecular formula is C20H17F2N3O3S2. The number of amides is 1. The van der Waals surface area contributed by atoms with Crippen LogP contribution in [0.15, 0.2) is 53.4 Å². The number of piperazine rings is 1. The molecule has 10 heteroatoms. The number of carbonyl (C=O) groups excluding carboxylic acids is 1. The molecule has 4 rings (SSSR count). The first-order chi connectivity index (χ1) is 14.3. The number of para-hydroxylation sites is 1. The molecule has 1 aliphatic heterocycles. The van der Waals surface area contributed by atoms with Gasteiger partial charge in [0.1, 0.15) is 21.5 Å². The van der Waals surface area contributed by atoms with Crippen LogP contribution in [-0.4, -0.2) is 54.7 Å². The summed E-state index contributed by atoms with van der Waals surface area (Å²) in [6.07, 6.45) is 3.06. The number of fused-ring (bicyclic) bond motifs is 1. The fourth-order valence-electron chi connectivity index (χ4n) is 3.18. The average Bonchev–Trinajstić information content (AvgIpc) is 3.15. The van der Waals surface area contributed by atoms with E-state index in [4.69, 9.17) is 0 Å². The first-order valence-corrected chi connectivity index (χ1v) is 11.4. The first kappa shape index (κ1) is 20.6. The van der Waals surface area contributed by atoms with Gasteiger partial charge in [-0.1, -0.05) is 12.1 Å². The number of halogens is 2. The van der Waals surface area contributed by atoms with Gasteiger partial charge in [0, 0.05) is 38.3 Å². The third-order valence-corrected chi connectivity index (χ3v) is 7.67. The van der Waals surface area contributed by atoms with Crippen LogP contribution in [-0.2, 0) is 14.8 Å². The molecule has 1 aromatic heterocycles. The van der Waals surface area contributed by atoms with Crippen LogP contribution in [0.1, 0.15) is 5.01 Å². The lowest BCUT2D eigenvalue weighted by atomic mass is 10.3. The van der Waals surface area contributed by atoms with Crippen molar-refractivity contribution in [1.82, 2.24) is 14.2 Å². The van der Waals surface area contributed by atoms with Crippen molar-refractivity contribution in [3.63, 3.8) is 0 Å². The third-order valence-electron chi connectivity index (χ3n) is 4.74. The fraction of sp³-hybridized carbons (Fsp3) is 0.200. The largest absolute Gasteiger partial charge is 0.337 e. The Hall–Kier alpha value is -2.69. The lowest BCUT2D eigenvalue weighted by Gasteiger charge is -2.33. The van der Waals surface area contributed by atoms with E-state index in [-0.39, 0.29) is 32.1 Å². The van der Waals surface area contributed by atoms with Gasteiger partial charge in [0.15, 0.2) is 0 Å². The first-order valence-electron chi connectivity index (χ1n) is 9.12. The molecule has 0 bridgehead atoms. The van der Waals surface area contributed by atoms with Crippen LogP contribution < -0.4 is 0 Å². The monoisotopic (exact) mass is 449 g/mol. The number of hydrogen-bond acceptors (Lipinski definition) is 5. The maximum Gasteiger partial charge on any atom is 0.246 e. The predicted molar refractivity (Wildman–Crippen MR) is 110 cm³/mol. The smallest absolute Gasteiger partial charge is 0.246 e. The van der Waals surface area contributed by atoms with Crippen molar-refractivity contribution >= 4 is 43.6 Å². The molecule has 0 aliphatic carbocycles. The molecule has 0 spiro atoms. The lowest BCUT2D eigenvalue weighted by Crippen LogP contribution is -2.50. The quantitative estimate of drug-likeness (QED) is 0.574. The highest BCUT2D eigenvalue weighted by molar-refractivity contribution is 7.89. The SMILES string of the molecule is O=C(/C=C/c1nc2ccccc2s1)N1CCN(S(=O)(=O)c2ccc(F)cc2F)CC1. The van der Waals surface area contributed by atoms with E-state index in [1.54, 1.807) is 6.08 Å². The van der Waals surface area contributed by atoms with Crippen molar-refractivity contribution in [3.05, 3.63) is 65.2 Å². The van der Waals surface area contributed by atoms with Gasteiger partial charge in [-0.15, -0.1) is 11.3 Å². The number of thiazole rings is 1. The molecule has 2 heterocycles. The van der Waals surface area contributed by atoms with Crippen LogP contribution in [0.3, 0.4) is 0 Å². The van der Waals surface area contributed by atoms with Gasteiger partial charge in [-0.3, -0.25) is 4.79 Å². The van der Waals surface area contributed by atoms with E-state index in [0.29, 0.717) is 11.1 Å². The number of hydrogen-bond donors (Lipinski definition) is 0. The van der Waals surface area contributed by atoms with Gasteiger partial charge in [0.25, 0.3) is 0 Å². The summed E-state index contributed by atoms with van der Waals surface area (Å²) in [4.78, 5) is 17.8. The number of sulfonamides is 1. The Morgan fingerprint density at radius 1 is 1.07 bits per heavy atom. The summed E-state index contributed by atoms with van der Waals surface area (Å²) in [5.41, 5.74) is 0.862. The maximum atomic E-state index is 13.9. The van der Waals surface area contributed by atoms with Crippen LogP contribution in [0.25, 0.3) is 16.3 Å². The van der Waals surface area contributed by atoms with Crippen molar-refractivity contribution in [2.24, 2.45) is 0 Å². The Balaban J connectivity index is 1.40. The minimum atomic E-state index is -4.10. The van der Waals surface area contributed by atoms with Crippen molar-refractivity contribution in [2.75, 3.05) is 26.2 Å². The van der Waals surface area contributed by atoms with Gasteiger partial charge in [0.05, 0.1) is 10.2 Å². The summed E-state index contributed by atoms with van der Waals surface area (Å²) in [6.45, 7) is 0.399. The molecule has 1 amide bonds. The third kappa shape index (κ3) is 4.11. The van der Waals surface area contributed by atoms with Gasteiger partial charge in [-0.05, 0) is 30.3 Å². The van der Waals surface area contributed by atoms with E-state index < -0.39 is 26.6 Å². The van der Waals surface area contributed by atoms with E-state index in [2.05, 4.69) is 4.98 Å². The zero-order valence-electron chi connectivity index (χ0n) is 15.7. The topological polar surface area (TPSA) is 70.6 Å². The molecule has 0 radical (unpaired) electrons. The van der Waals surface area contributed by atoms with Crippen LogP contribution in [0.2, 0.25) is 0 Å². The summed E-state index contributed by atoms with van der Waals surface area (Å²) in [6, 6.07) is 10.0. The van der Waals surface area contributed by atoms with E-state index in [1.807, 2.05) is 24.3 Å². The summed E-state index contributed by atoms with van der Waals surface area (Å²) < 4.78 is 54.4. The molecule has 0 N–H and O–H groups in total. The highest BCUT2D eigenvalue weighted by atomic mass is 32.2. The lowest BCUT2D eigenvalue weighted by molar-refractivity contribution is -0.127. The van der Waals surface area contributed by atoms with Crippen molar-refractivity contribution in [1.29, 1.82) is 0 Å². The number of benzene rings is 2. The second-order valence-electron chi connectivity index (χ2n) is 6.66. The number of rotatable bonds is 4. The molecule has 6 nitrogen and oxygen atoms in total. The minimum Gasteiger partial charge on any atom is -0.337 e. The molecule has 0 unspecified atom stereocenters. The van der Waals surface area contributed by atoms with E-state index >= 15 is 0 Å². The van der Waals surface area contributed by atoms with Crippen LogP contribution in [0, 0.1) is 11.6 Å². The fourth-order valence-corrected chi connectivity index (χ4v) is 5.52. The van der Waals surface area contributed by atoms with Crippen molar-refractivity contribution in [2.45, 2.75) is 4.90 Å². The van der Waals surface area contributed by atoms with Crippen LogP contribution in [0.4, 0.5) is 8.78 Å². The maximum absolute atomic E-state index is 13.9. The molecule has 3 aromatic rings. The molecule has 156 valence electrons. The van der Waals surface area contributed by atoms with Gasteiger partial charge in [-0.25, -0.2) is 22.2 Å². The molecule has 2 aromatic carbocycles. The Labute approximate surface area is 176 Å². The van der Waals surface area contributed by atoms with Gasteiger partial charge < -0.3 is 4.90 Å². The van der Waals surface area contributed by atoms with E-state index in [9.17, 15) is 22.0 Å². The van der Waals surface area contributed by atoms with Gasteiger partial charge in [0.2, 0.25) is 15.9 Å². The Kier molecular flexibility index (Phi) is 5.63. The minimum absolute atomic E-state index is 0.0276. The molecule has 0 atom stereocenters. The van der Waals surface area contributed by atoms with Crippen molar-refractivity contribution in [3.8, 4) is 0 Å². The van der Waals surface area contributed by atoms with Gasteiger partial charge in [-0.2, -0.15) is 4.31 Å². The highest BCUT2D eigenvalue weighted by Gasteiger charge is 2.31. The summed E-state index contributed by atoms with van der Waals surface area (Å²) in [7, 11) is -4.10. The molecule has 1 aliphatic rings. The number of carbonyl (C=O) groups is 1. The zero-order chi connectivity index (χ0) is 21.3. The van der Waals surface area contributed by atoms with E-state index in [1.165, 1.54) is 22.3 Å². The van der Waals surface area contributed by atoms with E-state index in [0.717, 1.165) is 26.7 Å². The normalized spacial score (nSPS) is 15.9. The summed E-state index contributed by atoms with van der Waals surface area (Å²) in [5, 5.41) is 0.706. The highest BCUT2D eigenvalue weighted by Crippen LogP contribution is 2.23. The Morgan fingerprint density at radius 3 is 2.50 bits per heavy atom. The molecule has 0 saturated carbocycles. The average molecular weight is 450 g/mol. The second-order valence-corrected chi connectivity index (χ2v) is 9.63. The summed E-state index contributed by atoms with van der Waals surface area (Å²) >= 11 is 1.47. The molecule has 30 heavy (non-hydrogen) atoms.